The van der Waals surface area contributed by atoms with Crippen molar-refractivity contribution in [2.24, 2.45) is 0 Å². The van der Waals surface area contributed by atoms with Crippen LogP contribution in [0.1, 0.15) is 28.8 Å². The SMILES string of the molecule is Cc1cc(Cl)ccc1OC(=O)CCC(=O)c1ccc(F)cc1F. The van der Waals surface area contributed by atoms with Crippen molar-refractivity contribution in [2.75, 3.05) is 0 Å². The molecule has 0 N–H and O–H groups in total. The monoisotopic (exact) mass is 338 g/mol. The number of ether oxygens (including phenoxy) is 1. The molecule has 0 atom stereocenters. The number of halogens is 3. The van der Waals surface area contributed by atoms with Gasteiger partial charge in [0.15, 0.2) is 5.78 Å². The number of esters is 1. The van der Waals surface area contributed by atoms with E-state index < -0.39 is 23.4 Å². The maximum atomic E-state index is 13.5. The van der Waals surface area contributed by atoms with Crippen LogP contribution in [0.5, 0.6) is 5.75 Å². The quantitative estimate of drug-likeness (QED) is 0.458. The van der Waals surface area contributed by atoms with Crippen LogP contribution in [0.4, 0.5) is 8.78 Å². The minimum Gasteiger partial charge on any atom is -0.426 e. The van der Waals surface area contributed by atoms with Gasteiger partial charge in [-0.25, -0.2) is 8.78 Å². The predicted octanol–water partition coefficient (Wildman–Crippen LogP) is 4.50. The van der Waals surface area contributed by atoms with E-state index in [1.807, 2.05) is 0 Å². The zero-order chi connectivity index (χ0) is 17.0. The molecule has 0 unspecified atom stereocenters. The summed E-state index contributed by atoms with van der Waals surface area (Å²) in [6.45, 7) is 1.73. The highest BCUT2D eigenvalue weighted by atomic mass is 35.5. The molecule has 0 aliphatic heterocycles. The fraction of sp³-hybridized carbons (Fsp3) is 0.176. The smallest absolute Gasteiger partial charge is 0.311 e. The highest BCUT2D eigenvalue weighted by molar-refractivity contribution is 6.30. The first kappa shape index (κ1) is 17.1. The largest absolute Gasteiger partial charge is 0.426 e. The predicted molar refractivity (Wildman–Crippen MR) is 81.7 cm³/mol. The van der Waals surface area contributed by atoms with Gasteiger partial charge >= 0.3 is 5.97 Å². The van der Waals surface area contributed by atoms with Gasteiger partial charge in [-0.3, -0.25) is 9.59 Å². The number of Topliss-reactive ketones (excluding diaryl/α,β-unsaturated/α-hetero) is 1. The van der Waals surface area contributed by atoms with Gasteiger partial charge in [-0.2, -0.15) is 0 Å². The Labute approximate surface area is 136 Å². The number of ketones is 1. The maximum absolute atomic E-state index is 13.5. The van der Waals surface area contributed by atoms with E-state index in [4.69, 9.17) is 16.3 Å². The zero-order valence-electron chi connectivity index (χ0n) is 12.2. The van der Waals surface area contributed by atoms with Crippen LogP contribution in [0, 0.1) is 18.6 Å². The molecular weight excluding hydrogens is 326 g/mol. The average molecular weight is 339 g/mol. The number of carbonyl (C=O) groups is 2. The molecule has 0 spiro atoms. The van der Waals surface area contributed by atoms with Crippen molar-refractivity contribution in [3.05, 3.63) is 64.2 Å². The van der Waals surface area contributed by atoms with Crippen LogP contribution in [0.2, 0.25) is 5.02 Å². The van der Waals surface area contributed by atoms with Gasteiger partial charge in [-0.15, -0.1) is 0 Å². The molecule has 0 aliphatic rings. The minimum atomic E-state index is -0.947. The van der Waals surface area contributed by atoms with Crippen LogP contribution >= 0.6 is 11.6 Å². The molecule has 0 fully saturated rings. The van der Waals surface area contributed by atoms with E-state index in [1.165, 1.54) is 0 Å². The third-order valence-corrected chi connectivity index (χ3v) is 3.38. The van der Waals surface area contributed by atoms with Crippen LogP contribution in [-0.2, 0) is 4.79 Å². The molecule has 2 rings (SSSR count). The van der Waals surface area contributed by atoms with Crippen molar-refractivity contribution in [3.63, 3.8) is 0 Å². The van der Waals surface area contributed by atoms with E-state index in [0.29, 0.717) is 22.4 Å². The fourth-order valence-corrected chi connectivity index (χ4v) is 2.19. The van der Waals surface area contributed by atoms with Gasteiger partial charge in [0.1, 0.15) is 17.4 Å². The summed E-state index contributed by atoms with van der Waals surface area (Å²) in [5.41, 5.74) is 0.434. The molecule has 0 saturated carbocycles. The number of rotatable bonds is 5. The summed E-state index contributed by atoms with van der Waals surface area (Å²) >= 11 is 5.80. The highest BCUT2D eigenvalue weighted by Crippen LogP contribution is 2.22. The van der Waals surface area contributed by atoms with E-state index in [1.54, 1.807) is 25.1 Å². The summed E-state index contributed by atoms with van der Waals surface area (Å²) in [6, 6.07) is 7.45. The standard InChI is InChI=1S/C17H13ClF2O3/c1-10-8-11(18)2-6-16(10)23-17(22)7-5-15(21)13-4-3-12(19)9-14(13)20/h2-4,6,8-9H,5,7H2,1H3. The first-order valence-corrected chi connectivity index (χ1v) is 7.19. The summed E-state index contributed by atoms with van der Waals surface area (Å²) in [7, 11) is 0. The third-order valence-electron chi connectivity index (χ3n) is 3.15. The Morgan fingerprint density at radius 3 is 2.48 bits per heavy atom. The lowest BCUT2D eigenvalue weighted by Crippen LogP contribution is -2.12. The number of hydrogen-bond donors (Lipinski definition) is 0. The minimum absolute atomic E-state index is 0.211. The number of carbonyl (C=O) groups excluding carboxylic acids is 2. The molecule has 23 heavy (non-hydrogen) atoms. The summed E-state index contributed by atoms with van der Waals surface area (Å²) in [6.07, 6.45) is -0.439. The second-order valence-corrected chi connectivity index (χ2v) is 5.37. The molecule has 0 saturated heterocycles. The van der Waals surface area contributed by atoms with E-state index in [2.05, 4.69) is 0 Å². The lowest BCUT2D eigenvalue weighted by atomic mass is 10.1. The lowest BCUT2D eigenvalue weighted by molar-refractivity contribution is -0.134. The van der Waals surface area contributed by atoms with Crippen molar-refractivity contribution in [2.45, 2.75) is 19.8 Å². The molecular formula is C17H13ClF2O3. The molecule has 0 amide bonds. The summed E-state index contributed by atoms with van der Waals surface area (Å²) in [5, 5.41) is 0.518. The molecule has 0 aromatic heterocycles. The van der Waals surface area contributed by atoms with Gasteiger partial charge in [0.2, 0.25) is 0 Å². The van der Waals surface area contributed by atoms with E-state index in [9.17, 15) is 18.4 Å². The summed E-state index contributed by atoms with van der Waals surface area (Å²) in [4.78, 5) is 23.6. The van der Waals surface area contributed by atoms with Crippen molar-refractivity contribution in [1.29, 1.82) is 0 Å². The third kappa shape index (κ3) is 4.60. The molecule has 3 nitrogen and oxygen atoms in total. The number of benzene rings is 2. The average Bonchev–Trinajstić information content (AvgIpc) is 2.48. The van der Waals surface area contributed by atoms with Gasteiger partial charge in [0.05, 0.1) is 12.0 Å². The second kappa shape index (κ2) is 7.33. The normalized spacial score (nSPS) is 10.4. The summed E-state index contributed by atoms with van der Waals surface area (Å²) in [5.74, 6) is -2.58. The molecule has 0 heterocycles. The molecule has 120 valence electrons. The molecule has 2 aromatic rings. The first-order valence-electron chi connectivity index (χ1n) is 6.82. The Kier molecular flexibility index (Phi) is 5.45. The van der Waals surface area contributed by atoms with Gasteiger partial charge in [0, 0.05) is 17.5 Å². The molecule has 0 aliphatic carbocycles. The maximum Gasteiger partial charge on any atom is 0.311 e. The van der Waals surface area contributed by atoms with Gasteiger partial charge in [-0.05, 0) is 42.8 Å². The topological polar surface area (TPSA) is 43.4 Å². The van der Waals surface area contributed by atoms with E-state index in [0.717, 1.165) is 12.1 Å². The van der Waals surface area contributed by atoms with Crippen molar-refractivity contribution < 1.29 is 23.1 Å². The van der Waals surface area contributed by atoms with Crippen LogP contribution in [-0.4, -0.2) is 11.8 Å². The van der Waals surface area contributed by atoms with Crippen LogP contribution in [0.3, 0.4) is 0 Å². The van der Waals surface area contributed by atoms with Crippen LogP contribution in [0.25, 0.3) is 0 Å². The number of hydrogen-bond acceptors (Lipinski definition) is 3. The van der Waals surface area contributed by atoms with Gasteiger partial charge in [-0.1, -0.05) is 11.6 Å². The Morgan fingerprint density at radius 2 is 1.83 bits per heavy atom. The highest BCUT2D eigenvalue weighted by Gasteiger charge is 2.15. The fourth-order valence-electron chi connectivity index (χ4n) is 1.97. The Morgan fingerprint density at radius 1 is 1.09 bits per heavy atom. The van der Waals surface area contributed by atoms with E-state index in [-0.39, 0.29) is 18.4 Å². The van der Waals surface area contributed by atoms with E-state index >= 15 is 0 Å². The van der Waals surface area contributed by atoms with Gasteiger partial charge < -0.3 is 4.74 Å². The first-order chi connectivity index (χ1) is 10.9. The molecule has 6 heteroatoms. The Bertz CT molecular complexity index is 759. The summed E-state index contributed by atoms with van der Waals surface area (Å²) < 4.78 is 31.4. The number of aryl methyl sites for hydroxylation is 1. The lowest BCUT2D eigenvalue weighted by Gasteiger charge is -2.07. The molecule has 2 aromatic carbocycles. The van der Waals surface area contributed by atoms with Gasteiger partial charge in [0.25, 0.3) is 0 Å². The molecule has 0 radical (unpaired) electrons. The Balaban J connectivity index is 1.94. The Hall–Kier alpha value is -2.27. The van der Waals surface area contributed by atoms with Crippen LogP contribution < -0.4 is 4.74 Å². The second-order valence-electron chi connectivity index (χ2n) is 4.93. The zero-order valence-corrected chi connectivity index (χ0v) is 13.0. The van der Waals surface area contributed by atoms with Crippen molar-refractivity contribution in [1.82, 2.24) is 0 Å². The van der Waals surface area contributed by atoms with Crippen molar-refractivity contribution in [3.8, 4) is 5.75 Å². The molecule has 0 bridgehead atoms. The van der Waals surface area contributed by atoms with Crippen LogP contribution in [0.15, 0.2) is 36.4 Å². The van der Waals surface area contributed by atoms with Crippen molar-refractivity contribution >= 4 is 23.4 Å².